The highest BCUT2D eigenvalue weighted by Gasteiger charge is 2.23. The second kappa shape index (κ2) is 5.74. The minimum atomic E-state index is -0.0192. The number of rotatable bonds is 3. The lowest BCUT2D eigenvalue weighted by atomic mass is 10.2. The molecular formula is C11H18N2O2. The van der Waals surface area contributed by atoms with Gasteiger partial charge < -0.3 is 10.1 Å². The summed E-state index contributed by atoms with van der Waals surface area (Å²) in [6, 6.07) is 0. The molecule has 0 spiro atoms. The van der Waals surface area contributed by atoms with Gasteiger partial charge in [0.25, 0.3) is 0 Å². The van der Waals surface area contributed by atoms with E-state index in [1.807, 2.05) is 13.8 Å². The molecule has 2 atom stereocenters. The van der Waals surface area contributed by atoms with Crippen LogP contribution in [0.5, 0.6) is 0 Å². The number of hydrogen-bond acceptors (Lipinski definition) is 3. The van der Waals surface area contributed by atoms with Gasteiger partial charge in [0.05, 0.1) is 25.3 Å². The SMILES string of the molecule is C#CCNC(=O)CN1C[C@@H](C)O[C@H](C)C1. The Kier molecular flexibility index (Phi) is 4.60. The molecule has 4 heteroatoms. The van der Waals surface area contributed by atoms with Crippen LogP contribution in [-0.2, 0) is 9.53 Å². The van der Waals surface area contributed by atoms with E-state index in [1.165, 1.54) is 0 Å². The van der Waals surface area contributed by atoms with E-state index < -0.39 is 0 Å². The molecule has 1 saturated heterocycles. The largest absolute Gasteiger partial charge is 0.373 e. The Morgan fingerprint density at radius 3 is 2.67 bits per heavy atom. The zero-order chi connectivity index (χ0) is 11.3. The fourth-order valence-corrected chi connectivity index (χ4v) is 1.82. The molecule has 1 heterocycles. The van der Waals surface area contributed by atoms with Crippen molar-refractivity contribution in [3.8, 4) is 12.3 Å². The Bertz CT molecular complexity index is 250. The number of nitrogens with one attached hydrogen (secondary N) is 1. The molecule has 0 radical (unpaired) electrons. The quantitative estimate of drug-likeness (QED) is 0.658. The number of morpholine rings is 1. The Morgan fingerprint density at radius 2 is 2.13 bits per heavy atom. The van der Waals surface area contributed by atoms with Crippen molar-refractivity contribution >= 4 is 5.91 Å². The van der Waals surface area contributed by atoms with Crippen molar-refractivity contribution in [2.45, 2.75) is 26.1 Å². The van der Waals surface area contributed by atoms with Gasteiger partial charge in [0, 0.05) is 13.1 Å². The highest BCUT2D eigenvalue weighted by molar-refractivity contribution is 5.78. The highest BCUT2D eigenvalue weighted by Crippen LogP contribution is 2.09. The first-order valence-electron chi connectivity index (χ1n) is 5.19. The van der Waals surface area contributed by atoms with Gasteiger partial charge in [-0.05, 0) is 13.8 Å². The van der Waals surface area contributed by atoms with Crippen molar-refractivity contribution in [3.05, 3.63) is 0 Å². The monoisotopic (exact) mass is 210 g/mol. The van der Waals surface area contributed by atoms with E-state index in [-0.39, 0.29) is 18.1 Å². The Balaban J connectivity index is 2.31. The number of carbonyl (C=O) groups excluding carboxylic acids is 1. The fourth-order valence-electron chi connectivity index (χ4n) is 1.82. The summed E-state index contributed by atoms with van der Waals surface area (Å²) in [5.41, 5.74) is 0. The van der Waals surface area contributed by atoms with Gasteiger partial charge in [-0.25, -0.2) is 0 Å². The molecular weight excluding hydrogens is 192 g/mol. The predicted molar refractivity (Wildman–Crippen MR) is 58.3 cm³/mol. The first-order chi connectivity index (χ1) is 7.11. The lowest BCUT2D eigenvalue weighted by Crippen LogP contribution is -2.49. The maximum Gasteiger partial charge on any atom is 0.234 e. The molecule has 84 valence electrons. The normalized spacial score (nSPS) is 27.0. The summed E-state index contributed by atoms with van der Waals surface area (Å²) in [6.07, 6.45) is 5.43. The molecule has 0 aromatic rings. The zero-order valence-electron chi connectivity index (χ0n) is 9.32. The summed E-state index contributed by atoms with van der Waals surface area (Å²) in [5, 5.41) is 2.65. The molecule has 0 aliphatic carbocycles. The molecule has 0 saturated carbocycles. The van der Waals surface area contributed by atoms with Gasteiger partial charge in [0.2, 0.25) is 5.91 Å². The first-order valence-corrected chi connectivity index (χ1v) is 5.19. The molecule has 1 fully saturated rings. The second-order valence-corrected chi connectivity index (χ2v) is 3.93. The van der Waals surface area contributed by atoms with Gasteiger partial charge in [-0.2, -0.15) is 0 Å². The van der Waals surface area contributed by atoms with Crippen LogP contribution in [-0.4, -0.2) is 49.2 Å². The summed E-state index contributed by atoms with van der Waals surface area (Å²) in [4.78, 5) is 13.5. The van der Waals surface area contributed by atoms with Crippen molar-refractivity contribution in [1.29, 1.82) is 0 Å². The molecule has 0 bridgehead atoms. The van der Waals surface area contributed by atoms with E-state index in [0.717, 1.165) is 13.1 Å². The standard InChI is InChI=1S/C11H18N2O2/c1-4-5-12-11(14)8-13-6-9(2)15-10(3)7-13/h1,9-10H,5-8H2,2-3H3,(H,12,14)/t9-,10-/m1/s1. The van der Waals surface area contributed by atoms with E-state index in [4.69, 9.17) is 11.2 Å². The fraction of sp³-hybridized carbons (Fsp3) is 0.727. The van der Waals surface area contributed by atoms with Crippen LogP contribution in [0, 0.1) is 12.3 Å². The van der Waals surface area contributed by atoms with Crippen LogP contribution in [0.25, 0.3) is 0 Å². The molecule has 15 heavy (non-hydrogen) atoms. The first kappa shape index (κ1) is 12.0. The van der Waals surface area contributed by atoms with Gasteiger partial charge in [-0.3, -0.25) is 9.69 Å². The zero-order valence-corrected chi connectivity index (χ0v) is 9.32. The van der Waals surface area contributed by atoms with E-state index in [0.29, 0.717) is 13.1 Å². The molecule has 1 aliphatic rings. The molecule has 0 aromatic carbocycles. The van der Waals surface area contributed by atoms with Crippen molar-refractivity contribution < 1.29 is 9.53 Å². The summed E-state index contributed by atoms with van der Waals surface area (Å²) >= 11 is 0. The lowest BCUT2D eigenvalue weighted by Gasteiger charge is -2.34. The minimum Gasteiger partial charge on any atom is -0.373 e. The molecule has 0 unspecified atom stereocenters. The van der Waals surface area contributed by atoms with E-state index >= 15 is 0 Å². The maximum absolute atomic E-state index is 11.4. The number of hydrogen-bond donors (Lipinski definition) is 1. The van der Waals surface area contributed by atoms with Gasteiger partial charge in [-0.1, -0.05) is 5.92 Å². The van der Waals surface area contributed by atoms with E-state index in [9.17, 15) is 4.79 Å². The van der Waals surface area contributed by atoms with Crippen LogP contribution in [0.1, 0.15) is 13.8 Å². The summed E-state index contributed by atoms with van der Waals surface area (Å²) in [7, 11) is 0. The average molecular weight is 210 g/mol. The highest BCUT2D eigenvalue weighted by atomic mass is 16.5. The topological polar surface area (TPSA) is 41.6 Å². The third-order valence-corrected chi connectivity index (χ3v) is 2.25. The third kappa shape index (κ3) is 4.32. The van der Waals surface area contributed by atoms with Gasteiger partial charge >= 0.3 is 0 Å². The summed E-state index contributed by atoms with van der Waals surface area (Å²) in [6.45, 7) is 6.33. The van der Waals surface area contributed by atoms with E-state index in [1.54, 1.807) is 0 Å². The predicted octanol–water partition coefficient (Wildman–Crippen LogP) is -0.155. The molecule has 4 nitrogen and oxygen atoms in total. The van der Waals surface area contributed by atoms with Crippen LogP contribution in [0.4, 0.5) is 0 Å². The number of amides is 1. The van der Waals surface area contributed by atoms with Crippen LogP contribution >= 0.6 is 0 Å². The maximum atomic E-state index is 11.4. The van der Waals surface area contributed by atoms with Crippen LogP contribution < -0.4 is 5.32 Å². The number of nitrogens with zero attached hydrogens (tertiary/aromatic N) is 1. The van der Waals surface area contributed by atoms with Crippen molar-refractivity contribution in [2.75, 3.05) is 26.2 Å². The van der Waals surface area contributed by atoms with Gasteiger partial charge in [0.1, 0.15) is 0 Å². The Hall–Kier alpha value is -1.05. The van der Waals surface area contributed by atoms with Crippen LogP contribution in [0.15, 0.2) is 0 Å². The molecule has 1 aliphatic heterocycles. The van der Waals surface area contributed by atoms with Gasteiger partial charge in [-0.15, -0.1) is 6.42 Å². The summed E-state index contributed by atoms with van der Waals surface area (Å²) < 4.78 is 5.57. The Morgan fingerprint density at radius 1 is 1.53 bits per heavy atom. The van der Waals surface area contributed by atoms with E-state index in [2.05, 4.69) is 16.1 Å². The van der Waals surface area contributed by atoms with Gasteiger partial charge in [0.15, 0.2) is 0 Å². The lowest BCUT2D eigenvalue weighted by molar-refractivity contribution is -0.125. The van der Waals surface area contributed by atoms with Crippen molar-refractivity contribution in [2.24, 2.45) is 0 Å². The Labute approximate surface area is 91.0 Å². The molecule has 0 aromatic heterocycles. The third-order valence-electron chi connectivity index (χ3n) is 2.25. The number of carbonyl (C=O) groups is 1. The number of terminal acetylenes is 1. The molecule has 1 amide bonds. The van der Waals surface area contributed by atoms with Crippen LogP contribution in [0.2, 0.25) is 0 Å². The molecule has 1 N–H and O–H groups in total. The van der Waals surface area contributed by atoms with Crippen molar-refractivity contribution in [3.63, 3.8) is 0 Å². The minimum absolute atomic E-state index is 0.0192. The smallest absolute Gasteiger partial charge is 0.234 e. The van der Waals surface area contributed by atoms with Crippen LogP contribution in [0.3, 0.4) is 0 Å². The second-order valence-electron chi connectivity index (χ2n) is 3.93. The van der Waals surface area contributed by atoms with Crippen molar-refractivity contribution in [1.82, 2.24) is 10.2 Å². The average Bonchev–Trinajstić information content (AvgIpc) is 2.13. The number of ether oxygens (including phenoxy) is 1. The molecule has 1 rings (SSSR count). The summed E-state index contributed by atoms with van der Waals surface area (Å²) in [5.74, 6) is 2.36.